The Bertz CT molecular complexity index is 1510. The number of rotatable bonds is 9. The van der Waals surface area contributed by atoms with Crippen molar-refractivity contribution in [1.29, 1.82) is 0 Å². The van der Waals surface area contributed by atoms with E-state index < -0.39 is 42.8 Å². The molecule has 218 valence electrons. The summed E-state index contributed by atoms with van der Waals surface area (Å²) in [5.41, 5.74) is 2.92. The Balaban J connectivity index is 1.21. The average molecular weight is 579 g/mol. The first-order valence-electron chi connectivity index (χ1n) is 12.7. The number of aliphatic hydroxyl groups is 3. The first kappa shape index (κ1) is 28.6. The summed E-state index contributed by atoms with van der Waals surface area (Å²) < 4.78 is 21.1. The van der Waals surface area contributed by atoms with Crippen LogP contribution in [0.4, 0.5) is 10.6 Å². The number of carboxylic acid groups (broad SMARTS) is 1. The van der Waals surface area contributed by atoms with Gasteiger partial charge in [-0.1, -0.05) is 35.5 Å². The molecule has 1 aliphatic rings. The summed E-state index contributed by atoms with van der Waals surface area (Å²) in [5.74, 6) is -0.754. The standard InChI is InChI=1S/C28H26N4O10/c33-21-22(34)24(26(36)37)40-27(23(21)35)41-28(38)31-25-18(4-3-11-30-25)19-13-17(32-42-19)12-15-6-8-16(9-7-15)14-39-20-5-1-2-10-29-20/h1-11,13,21-24,27,33-35H,12,14H2,(H,36,37)(H,30,31,38). The van der Waals surface area contributed by atoms with Crippen molar-refractivity contribution < 1.29 is 48.7 Å². The second-order valence-corrected chi connectivity index (χ2v) is 9.30. The zero-order valence-corrected chi connectivity index (χ0v) is 21.8. The Labute approximate surface area is 238 Å². The van der Waals surface area contributed by atoms with Crippen LogP contribution in [0.2, 0.25) is 0 Å². The Morgan fingerprint density at radius 2 is 1.67 bits per heavy atom. The van der Waals surface area contributed by atoms with Crippen LogP contribution < -0.4 is 10.1 Å². The number of aliphatic hydroxyl groups excluding tert-OH is 3. The zero-order valence-electron chi connectivity index (χ0n) is 21.8. The number of nitrogens with zero attached hydrogens (tertiary/aromatic N) is 3. The molecule has 0 saturated carbocycles. The monoisotopic (exact) mass is 578 g/mol. The van der Waals surface area contributed by atoms with Gasteiger partial charge in [0, 0.05) is 30.9 Å². The summed E-state index contributed by atoms with van der Waals surface area (Å²) in [6.45, 7) is 0.374. The summed E-state index contributed by atoms with van der Waals surface area (Å²) in [4.78, 5) is 32.1. The lowest BCUT2D eigenvalue weighted by molar-refractivity contribution is -0.277. The number of aromatic nitrogens is 3. The highest BCUT2D eigenvalue weighted by molar-refractivity contribution is 5.88. The normalized spacial score (nSPS) is 21.8. The molecule has 4 aromatic rings. The van der Waals surface area contributed by atoms with Gasteiger partial charge in [0.15, 0.2) is 11.9 Å². The molecule has 1 fully saturated rings. The summed E-state index contributed by atoms with van der Waals surface area (Å²) in [7, 11) is 0. The molecule has 14 heteroatoms. The summed E-state index contributed by atoms with van der Waals surface area (Å²) in [6, 6.07) is 18.2. The SMILES string of the molecule is O=C(Nc1ncccc1-c1cc(Cc2ccc(COc3ccccn3)cc2)no1)OC1OC(C(=O)O)C(O)C(O)C1O. The van der Waals surface area contributed by atoms with E-state index in [9.17, 15) is 24.9 Å². The van der Waals surface area contributed by atoms with Crippen LogP contribution in [0.5, 0.6) is 5.88 Å². The van der Waals surface area contributed by atoms with E-state index in [0.717, 1.165) is 11.1 Å². The lowest BCUT2D eigenvalue weighted by Gasteiger charge is -2.37. The smallest absolute Gasteiger partial charge is 0.415 e. The molecule has 5 N–H and O–H groups in total. The van der Waals surface area contributed by atoms with Crippen LogP contribution in [0.1, 0.15) is 16.8 Å². The maximum absolute atomic E-state index is 12.6. The number of amides is 1. The molecule has 0 radical (unpaired) electrons. The molecule has 0 spiro atoms. The zero-order chi connectivity index (χ0) is 29.6. The molecule has 0 aliphatic carbocycles. The maximum atomic E-state index is 12.6. The first-order chi connectivity index (χ1) is 20.3. The van der Waals surface area contributed by atoms with Crippen LogP contribution >= 0.6 is 0 Å². The first-order valence-corrected chi connectivity index (χ1v) is 12.7. The number of carbonyl (C=O) groups is 2. The van der Waals surface area contributed by atoms with Crippen LogP contribution in [0.25, 0.3) is 11.3 Å². The Morgan fingerprint density at radius 1 is 0.905 bits per heavy atom. The molecule has 4 heterocycles. The fraction of sp³-hybridized carbons (Fsp3) is 0.250. The molecular formula is C28H26N4O10. The van der Waals surface area contributed by atoms with E-state index in [2.05, 4.69) is 20.4 Å². The van der Waals surface area contributed by atoms with Gasteiger partial charge in [0.1, 0.15) is 30.7 Å². The van der Waals surface area contributed by atoms with E-state index in [4.69, 9.17) is 23.8 Å². The van der Waals surface area contributed by atoms with E-state index in [1.165, 1.54) is 6.20 Å². The number of hydrogen-bond donors (Lipinski definition) is 5. The van der Waals surface area contributed by atoms with Crippen molar-refractivity contribution >= 4 is 17.9 Å². The predicted molar refractivity (Wildman–Crippen MR) is 142 cm³/mol. The highest BCUT2D eigenvalue weighted by atomic mass is 16.7. The van der Waals surface area contributed by atoms with Gasteiger partial charge in [-0.15, -0.1) is 0 Å². The summed E-state index contributed by atoms with van der Waals surface area (Å²) in [5, 5.41) is 45.5. The third-order valence-corrected chi connectivity index (χ3v) is 6.32. The molecule has 5 atom stereocenters. The van der Waals surface area contributed by atoms with E-state index in [0.29, 0.717) is 35.9 Å². The van der Waals surface area contributed by atoms with Crippen molar-refractivity contribution in [3.8, 4) is 17.2 Å². The van der Waals surface area contributed by atoms with Gasteiger partial charge in [0.25, 0.3) is 0 Å². The number of hydrogen-bond acceptors (Lipinski definition) is 12. The van der Waals surface area contributed by atoms with Gasteiger partial charge in [0.2, 0.25) is 12.2 Å². The molecule has 42 heavy (non-hydrogen) atoms. The fourth-order valence-corrected chi connectivity index (χ4v) is 4.16. The highest BCUT2D eigenvalue weighted by Crippen LogP contribution is 2.28. The number of anilines is 1. The number of carbonyl (C=O) groups excluding carboxylic acids is 1. The van der Waals surface area contributed by atoms with Crippen molar-refractivity contribution in [3.05, 3.63) is 89.9 Å². The number of nitrogens with one attached hydrogen (secondary N) is 1. The number of benzene rings is 1. The van der Waals surface area contributed by atoms with E-state index in [1.807, 2.05) is 36.4 Å². The van der Waals surface area contributed by atoms with Crippen LogP contribution in [0.15, 0.2) is 77.6 Å². The minimum absolute atomic E-state index is 0.0168. The Hall–Kier alpha value is -4.89. The number of ether oxygens (including phenoxy) is 3. The van der Waals surface area contributed by atoms with Crippen molar-refractivity contribution in [2.45, 2.75) is 43.7 Å². The molecular weight excluding hydrogens is 552 g/mol. The van der Waals surface area contributed by atoms with E-state index in [1.54, 1.807) is 30.5 Å². The second kappa shape index (κ2) is 12.7. The van der Waals surface area contributed by atoms with Gasteiger partial charge in [-0.05, 0) is 29.3 Å². The molecule has 1 aliphatic heterocycles. The van der Waals surface area contributed by atoms with Crippen molar-refractivity contribution in [3.63, 3.8) is 0 Å². The molecule has 1 saturated heterocycles. The quantitative estimate of drug-likeness (QED) is 0.192. The molecule has 0 bridgehead atoms. The molecule has 3 aromatic heterocycles. The van der Waals surface area contributed by atoms with Crippen LogP contribution in [-0.4, -0.2) is 78.3 Å². The number of carboxylic acids is 1. The third-order valence-electron chi connectivity index (χ3n) is 6.32. The lowest BCUT2D eigenvalue weighted by Crippen LogP contribution is -2.60. The van der Waals surface area contributed by atoms with E-state index in [-0.39, 0.29) is 5.82 Å². The molecule has 5 rings (SSSR count). The fourth-order valence-electron chi connectivity index (χ4n) is 4.16. The van der Waals surface area contributed by atoms with Crippen molar-refractivity contribution in [2.24, 2.45) is 0 Å². The van der Waals surface area contributed by atoms with Crippen molar-refractivity contribution in [2.75, 3.05) is 5.32 Å². The van der Waals surface area contributed by atoms with Crippen LogP contribution in [0.3, 0.4) is 0 Å². The topological polar surface area (TPSA) is 207 Å². The minimum Gasteiger partial charge on any atom is -0.479 e. The number of pyridine rings is 2. The van der Waals surface area contributed by atoms with Crippen LogP contribution in [-0.2, 0) is 27.3 Å². The molecule has 14 nitrogen and oxygen atoms in total. The summed E-state index contributed by atoms with van der Waals surface area (Å²) in [6.07, 6.45) is -7.18. The second-order valence-electron chi connectivity index (χ2n) is 9.30. The van der Waals surface area contributed by atoms with Crippen molar-refractivity contribution in [1.82, 2.24) is 15.1 Å². The van der Waals surface area contributed by atoms with Gasteiger partial charge >= 0.3 is 12.1 Å². The van der Waals surface area contributed by atoms with Gasteiger partial charge in [-0.2, -0.15) is 0 Å². The maximum Gasteiger partial charge on any atom is 0.415 e. The van der Waals surface area contributed by atoms with Gasteiger partial charge in [0.05, 0.1) is 11.3 Å². The van der Waals surface area contributed by atoms with Gasteiger partial charge in [-0.3, -0.25) is 5.32 Å². The lowest BCUT2D eigenvalue weighted by atomic mass is 9.99. The molecule has 5 unspecified atom stereocenters. The average Bonchev–Trinajstić information content (AvgIpc) is 3.46. The largest absolute Gasteiger partial charge is 0.479 e. The number of aliphatic carboxylic acids is 1. The third kappa shape index (κ3) is 6.70. The Morgan fingerprint density at radius 3 is 2.40 bits per heavy atom. The minimum atomic E-state index is -1.92. The molecule has 1 amide bonds. The highest BCUT2D eigenvalue weighted by Gasteiger charge is 2.48. The van der Waals surface area contributed by atoms with Gasteiger partial charge in [-0.25, -0.2) is 19.6 Å². The summed E-state index contributed by atoms with van der Waals surface area (Å²) >= 11 is 0. The molecule has 1 aromatic carbocycles. The predicted octanol–water partition coefficient (Wildman–Crippen LogP) is 1.74. The van der Waals surface area contributed by atoms with Crippen LogP contribution in [0, 0.1) is 0 Å². The van der Waals surface area contributed by atoms with Gasteiger partial charge < -0.3 is 39.2 Å². The van der Waals surface area contributed by atoms with E-state index >= 15 is 0 Å². The Kier molecular flexibility index (Phi) is 8.68.